The van der Waals surface area contributed by atoms with Gasteiger partial charge in [-0.3, -0.25) is 4.79 Å². The largest absolute Gasteiger partial charge is 0.494 e. The number of rotatable bonds is 5. The molecule has 1 heterocycles. The van der Waals surface area contributed by atoms with Crippen molar-refractivity contribution in [3.05, 3.63) is 75.4 Å². The molecule has 0 aliphatic heterocycles. The van der Waals surface area contributed by atoms with E-state index in [1.807, 2.05) is 43.3 Å². The maximum absolute atomic E-state index is 12.2. The third kappa shape index (κ3) is 4.27. The van der Waals surface area contributed by atoms with Crippen LogP contribution in [0.15, 0.2) is 59.1 Å². The Morgan fingerprint density at radius 2 is 1.96 bits per heavy atom. The van der Waals surface area contributed by atoms with E-state index in [2.05, 4.69) is 20.9 Å². The molecule has 0 N–H and O–H groups in total. The van der Waals surface area contributed by atoms with Gasteiger partial charge >= 0.3 is 0 Å². The highest BCUT2D eigenvalue weighted by Gasteiger charge is 2.06. The van der Waals surface area contributed by atoms with Crippen molar-refractivity contribution < 1.29 is 9.53 Å². The van der Waals surface area contributed by atoms with Gasteiger partial charge in [0.2, 0.25) is 0 Å². The molecule has 3 aromatic rings. The molecule has 0 bridgehead atoms. The van der Waals surface area contributed by atoms with E-state index in [0.29, 0.717) is 22.9 Å². The molecule has 0 atom stereocenters. The quantitative estimate of drug-likeness (QED) is 0.293. The summed E-state index contributed by atoms with van der Waals surface area (Å²) >= 11 is 9.62. The lowest BCUT2D eigenvalue weighted by atomic mass is 10.1. The van der Waals surface area contributed by atoms with Crippen LogP contribution in [0.25, 0.3) is 17.0 Å². The number of hydrogen-bond donors (Lipinski definition) is 0. The number of ketones is 1. The Hall–Kier alpha value is -2.17. The van der Waals surface area contributed by atoms with Crippen LogP contribution in [0, 0.1) is 0 Å². The molecule has 25 heavy (non-hydrogen) atoms. The summed E-state index contributed by atoms with van der Waals surface area (Å²) in [7, 11) is 0. The monoisotopic (exact) mass is 415 g/mol. The topological polar surface area (TPSA) is 39.2 Å². The number of fused-ring (bicyclic) bond motifs is 1. The number of benzene rings is 2. The second-order valence-corrected chi connectivity index (χ2v) is 6.63. The number of aromatic nitrogens is 1. The lowest BCUT2D eigenvalue weighted by Crippen LogP contribution is -1.94. The molecular weight excluding hydrogens is 402 g/mol. The maximum Gasteiger partial charge on any atom is 0.185 e. The summed E-state index contributed by atoms with van der Waals surface area (Å²) in [6.45, 7) is 2.53. The van der Waals surface area contributed by atoms with Gasteiger partial charge in [0.1, 0.15) is 10.9 Å². The fraction of sp³-hybridized carbons (Fsp3) is 0.100. The lowest BCUT2D eigenvalue weighted by Gasteiger charge is -2.06. The molecule has 126 valence electrons. The summed E-state index contributed by atoms with van der Waals surface area (Å²) in [5.41, 5.74) is 2.07. The summed E-state index contributed by atoms with van der Waals surface area (Å²) in [6, 6.07) is 14.8. The first kappa shape index (κ1) is 17.6. The Labute approximate surface area is 159 Å². The highest BCUT2D eigenvalue weighted by molar-refractivity contribution is 9.10. The normalized spacial score (nSPS) is 11.2. The summed E-state index contributed by atoms with van der Waals surface area (Å²) in [5, 5.41) is 1.28. The first-order valence-corrected chi connectivity index (χ1v) is 8.95. The molecule has 0 aliphatic rings. The minimum atomic E-state index is -0.0876. The van der Waals surface area contributed by atoms with Crippen molar-refractivity contribution in [1.82, 2.24) is 4.98 Å². The van der Waals surface area contributed by atoms with Gasteiger partial charge in [-0.05, 0) is 61.5 Å². The third-order valence-electron chi connectivity index (χ3n) is 3.62. The molecule has 0 aliphatic carbocycles. The number of halogens is 2. The van der Waals surface area contributed by atoms with Crippen molar-refractivity contribution in [2.24, 2.45) is 0 Å². The zero-order valence-corrected chi connectivity index (χ0v) is 15.8. The Bertz CT molecular complexity index is 952. The SMILES string of the molecule is CCOc1ccc2cc(C=CC(=O)c3ccc(Br)cc3)c(Cl)nc2c1. The summed E-state index contributed by atoms with van der Waals surface area (Å²) in [4.78, 5) is 16.6. The van der Waals surface area contributed by atoms with Gasteiger partial charge in [0.05, 0.1) is 12.1 Å². The zero-order valence-electron chi connectivity index (χ0n) is 13.5. The van der Waals surface area contributed by atoms with Crippen molar-refractivity contribution in [2.75, 3.05) is 6.61 Å². The van der Waals surface area contributed by atoms with Crippen LogP contribution in [0.4, 0.5) is 0 Å². The predicted octanol–water partition coefficient (Wildman–Crippen LogP) is 5.95. The van der Waals surface area contributed by atoms with E-state index in [0.717, 1.165) is 21.1 Å². The Balaban J connectivity index is 1.87. The Morgan fingerprint density at radius 3 is 2.68 bits per heavy atom. The van der Waals surface area contributed by atoms with E-state index < -0.39 is 0 Å². The Kier molecular flexibility index (Phi) is 5.51. The van der Waals surface area contributed by atoms with Gasteiger partial charge in [0.25, 0.3) is 0 Å². The summed E-state index contributed by atoms with van der Waals surface area (Å²) in [5.74, 6) is 0.669. The summed E-state index contributed by atoms with van der Waals surface area (Å²) < 4.78 is 6.41. The molecule has 3 rings (SSSR count). The number of carbonyl (C=O) groups excluding carboxylic acids is 1. The van der Waals surface area contributed by atoms with Crippen LogP contribution in [0.2, 0.25) is 5.15 Å². The third-order valence-corrected chi connectivity index (χ3v) is 4.46. The number of allylic oxidation sites excluding steroid dienone is 1. The van der Waals surface area contributed by atoms with Gasteiger partial charge in [0, 0.05) is 27.1 Å². The number of carbonyl (C=O) groups is 1. The van der Waals surface area contributed by atoms with Gasteiger partial charge in [-0.15, -0.1) is 0 Å². The van der Waals surface area contributed by atoms with Crippen molar-refractivity contribution >= 4 is 50.3 Å². The molecular formula is C20H15BrClNO2. The maximum atomic E-state index is 12.2. The first-order chi connectivity index (χ1) is 12.1. The van der Waals surface area contributed by atoms with Crippen molar-refractivity contribution in [3.8, 4) is 5.75 Å². The number of hydrogen-bond acceptors (Lipinski definition) is 3. The Morgan fingerprint density at radius 1 is 1.20 bits per heavy atom. The van der Waals surface area contributed by atoms with Gasteiger partial charge in [0.15, 0.2) is 5.78 Å². The molecule has 5 heteroatoms. The van der Waals surface area contributed by atoms with Gasteiger partial charge in [-0.25, -0.2) is 4.98 Å². The highest BCUT2D eigenvalue weighted by atomic mass is 79.9. The van der Waals surface area contributed by atoms with Gasteiger partial charge in [-0.1, -0.05) is 27.5 Å². The molecule has 0 fully saturated rings. The first-order valence-electron chi connectivity index (χ1n) is 7.78. The molecule has 0 radical (unpaired) electrons. The van der Waals surface area contributed by atoms with E-state index in [1.165, 1.54) is 6.08 Å². The fourth-order valence-corrected chi connectivity index (χ4v) is 2.86. The van der Waals surface area contributed by atoms with Crippen LogP contribution in [0.5, 0.6) is 5.75 Å². The average Bonchev–Trinajstić information content (AvgIpc) is 2.60. The van der Waals surface area contributed by atoms with Crippen molar-refractivity contribution in [2.45, 2.75) is 6.92 Å². The second-order valence-electron chi connectivity index (χ2n) is 5.36. The summed E-state index contributed by atoms with van der Waals surface area (Å²) in [6.07, 6.45) is 3.20. The van der Waals surface area contributed by atoms with Crippen LogP contribution >= 0.6 is 27.5 Å². The van der Waals surface area contributed by atoms with E-state index in [1.54, 1.807) is 18.2 Å². The van der Waals surface area contributed by atoms with E-state index in [9.17, 15) is 4.79 Å². The van der Waals surface area contributed by atoms with E-state index in [-0.39, 0.29) is 5.78 Å². The van der Waals surface area contributed by atoms with E-state index in [4.69, 9.17) is 16.3 Å². The standard InChI is InChI=1S/C20H15BrClNO2/c1-2-25-17-9-5-14-11-15(20(22)23-18(14)12-17)6-10-19(24)13-3-7-16(21)8-4-13/h3-12H,2H2,1H3. The molecule has 1 aromatic heterocycles. The van der Waals surface area contributed by atoms with Crippen LogP contribution in [-0.4, -0.2) is 17.4 Å². The zero-order chi connectivity index (χ0) is 17.8. The molecule has 0 spiro atoms. The minimum absolute atomic E-state index is 0.0876. The molecule has 2 aromatic carbocycles. The molecule has 0 amide bonds. The average molecular weight is 417 g/mol. The molecule has 0 saturated carbocycles. The number of nitrogens with zero attached hydrogens (tertiary/aromatic N) is 1. The second kappa shape index (κ2) is 7.81. The highest BCUT2D eigenvalue weighted by Crippen LogP contribution is 2.25. The predicted molar refractivity (Wildman–Crippen MR) is 105 cm³/mol. The van der Waals surface area contributed by atoms with Crippen LogP contribution in [0.3, 0.4) is 0 Å². The van der Waals surface area contributed by atoms with Crippen LogP contribution in [-0.2, 0) is 0 Å². The minimum Gasteiger partial charge on any atom is -0.494 e. The van der Waals surface area contributed by atoms with Crippen molar-refractivity contribution in [1.29, 1.82) is 0 Å². The number of ether oxygens (including phenoxy) is 1. The van der Waals surface area contributed by atoms with Crippen molar-refractivity contribution in [3.63, 3.8) is 0 Å². The molecule has 0 unspecified atom stereocenters. The van der Waals surface area contributed by atoms with Crippen LogP contribution in [0.1, 0.15) is 22.8 Å². The fourth-order valence-electron chi connectivity index (χ4n) is 2.39. The van der Waals surface area contributed by atoms with Gasteiger partial charge < -0.3 is 4.74 Å². The smallest absolute Gasteiger partial charge is 0.185 e. The van der Waals surface area contributed by atoms with Crippen LogP contribution < -0.4 is 4.74 Å². The molecule has 0 saturated heterocycles. The van der Waals surface area contributed by atoms with E-state index >= 15 is 0 Å². The van der Waals surface area contributed by atoms with Gasteiger partial charge in [-0.2, -0.15) is 0 Å². The lowest BCUT2D eigenvalue weighted by molar-refractivity contribution is 0.104. The number of pyridine rings is 1. The molecule has 3 nitrogen and oxygen atoms in total.